The van der Waals surface area contributed by atoms with Crippen molar-refractivity contribution in [2.24, 2.45) is 0 Å². The molecule has 1 N–H and O–H groups in total. The van der Waals surface area contributed by atoms with Gasteiger partial charge in [-0.1, -0.05) is 0 Å². The molecular formula is C17H24N4O2. The van der Waals surface area contributed by atoms with Crippen molar-refractivity contribution in [1.29, 1.82) is 0 Å². The molecule has 0 aromatic carbocycles. The first-order chi connectivity index (χ1) is 11.1. The number of hydrogen-bond acceptors (Lipinski definition) is 6. The Bertz CT molecular complexity index is 648. The molecule has 1 fully saturated rings. The summed E-state index contributed by atoms with van der Waals surface area (Å²) < 4.78 is 11.5. The molecule has 0 amide bonds. The molecule has 3 rings (SSSR count). The molecule has 0 spiro atoms. The van der Waals surface area contributed by atoms with Gasteiger partial charge in [-0.3, -0.25) is 9.88 Å². The summed E-state index contributed by atoms with van der Waals surface area (Å²) in [5.74, 6) is 2.19. The quantitative estimate of drug-likeness (QED) is 0.913. The average molecular weight is 316 g/mol. The van der Waals surface area contributed by atoms with E-state index >= 15 is 0 Å². The lowest BCUT2D eigenvalue weighted by Gasteiger charge is -2.38. The van der Waals surface area contributed by atoms with E-state index in [0.717, 1.165) is 49.1 Å². The van der Waals surface area contributed by atoms with Gasteiger partial charge in [-0.25, -0.2) is 4.98 Å². The monoisotopic (exact) mass is 316 g/mol. The van der Waals surface area contributed by atoms with E-state index in [4.69, 9.17) is 9.15 Å². The van der Waals surface area contributed by atoms with Gasteiger partial charge in [-0.2, -0.15) is 0 Å². The van der Waals surface area contributed by atoms with Crippen molar-refractivity contribution in [2.45, 2.75) is 26.3 Å². The van der Waals surface area contributed by atoms with Crippen molar-refractivity contribution in [3.05, 3.63) is 30.5 Å². The van der Waals surface area contributed by atoms with Crippen LogP contribution in [-0.4, -0.2) is 47.7 Å². The van der Waals surface area contributed by atoms with Crippen LogP contribution < -0.4 is 10.1 Å². The fraction of sp³-hybridized carbons (Fsp3) is 0.529. The fourth-order valence-corrected chi connectivity index (χ4v) is 2.85. The summed E-state index contributed by atoms with van der Waals surface area (Å²) in [4.78, 5) is 11.1. The predicted molar refractivity (Wildman–Crippen MR) is 88.4 cm³/mol. The van der Waals surface area contributed by atoms with Gasteiger partial charge in [0.05, 0.1) is 24.5 Å². The standard InChI is InChI=1S/C17H24N4O2/c1-4-22-14-9-13(10-19-11-14)15-12-20-16(23-15)17(2,3)21-7-5-18-6-8-21/h9-12,18H,4-8H2,1-3H3. The lowest BCUT2D eigenvalue weighted by molar-refractivity contribution is 0.0783. The highest BCUT2D eigenvalue weighted by molar-refractivity contribution is 5.57. The summed E-state index contributed by atoms with van der Waals surface area (Å²) in [7, 11) is 0. The largest absolute Gasteiger partial charge is 0.492 e. The Morgan fingerprint density at radius 3 is 2.78 bits per heavy atom. The zero-order valence-corrected chi connectivity index (χ0v) is 14.0. The minimum Gasteiger partial charge on any atom is -0.492 e. The van der Waals surface area contributed by atoms with E-state index in [2.05, 4.69) is 34.0 Å². The van der Waals surface area contributed by atoms with E-state index in [1.54, 1.807) is 18.6 Å². The Morgan fingerprint density at radius 2 is 2.04 bits per heavy atom. The third kappa shape index (κ3) is 3.38. The molecule has 124 valence electrons. The van der Waals surface area contributed by atoms with Gasteiger partial charge in [0, 0.05) is 37.9 Å². The van der Waals surface area contributed by atoms with Crippen molar-refractivity contribution in [3.63, 3.8) is 0 Å². The molecule has 23 heavy (non-hydrogen) atoms. The van der Waals surface area contributed by atoms with Crippen molar-refractivity contribution < 1.29 is 9.15 Å². The molecule has 2 aromatic rings. The predicted octanol–water partition coefficient (Wildman–Crippen LogP) is 2.28. The lowest BCUT2D eigenvalue weighted by Crippen LogP contribution is -2.51. The zero-order valence-electron chi connectivity index (χ0n) is 14.0. The molecule has 3 heterocycles. The first-order valence-electron chi connectivity index (χ1n) is 8.11. The number of rotatable bonds is 5. The second kappa shape index (κ2) is 6.68. The topological polar surface area (TPSA) is 63.4 Å². The van der Waals surface area contributed by atoms with Gasteiger partial charge in [-0.15, -0.1) is 0 Å². The number of nitrogens with zero attached hydrogens (tertiary/aromatic N) is 3. The molecule has 0 atom stereocenters. The molecule has 6 nitrogen and oxygen atoms in total. The summed E-state index contributed by atoms with van der Waals surface area (Å²) in [5, 5.41) is 3.37. The molecule has 1 aliphatic rings. The van der Waals surface area contributed by atoms with Crippen LogP contribution in [0.2, 0.25) is 0 Å². The van der Waals surface area contributed by atoms with Gasteiger partial charge in [0.1, 0.15) is 5.75 Å². The molecule has 1 aliphatic heterocycles. The Balaban J connectivity index is 1.83. The first-order valence-corrected chi connectivity index (χ1v) is 8.11. The minimum absolute atomic E-state index is 0.231. The van der Waals surface area contributed by atoms with Crippen molar-refractivity contribution >= 4 is 0 Å². The third-order valence-electron chi connectivity index (χ3n) is 4.25. The molecule has 0 bridgehead atoms. The van der Waals surface area contributed by atoms with Crippen molar-refractivity contribution in [1.82, 2.24) is 20.2 Å². The Morgan fingerprint density at radius 1 is 1.26 bits per heavy atom. The molecule has 0 aliphatic carbocycles. The summed E-state index contributed by atoms with van der Waals surface area (Å²) in [5.41, 5.74) is 0.650. The molecule has 6 heteroatoms. The van der Waals surface area contributed by atoms with Crippen LogP contribution in [0.4, 0.5) is 0 Å². The van der Waals surface area contributed by atoms with E-state index in [9.17, 15) is 0 Å². The number of ether oxygens (including phenoxy) is 1. The van der Waals surface area contributed by atoms with E-state index in [0.29, 0.717) is 6.61 Å². The Kier molecular flexibility index (Phi) is 4.63. The maximum absolute atomic E-state index is 6.05. The van der Waals surface area contributed by atoms with Crippen LogP contribution >= 0.6 is 0 Å². The van der Waals surface area contributed by atoms with Crippen LogP contribution in [0.5, 0.6) is 5.75 Å². The molecule has 0 saturated carbocycles. The van der Waals surface area contributed by atoms with Crippen LogP contribution in [-0.2, 0) is 5.54 Å². The highest BCUT2D eigenvalue weighted by atomic mass is 16.5. The van der Waals surface area contributed by atoms with E-state index in [-0.39, 0.29) is 5.54 Å². The highest BCUT2D eigenvalue weighted by Crippen LogP contribution is 2.31. The number of aromatic nitrogens is 2. The molecule has 1 saturated heterocycles. The van der Waals surface area contributed by atoms with E-state index in [1.165, 1.54) is 0 Å². The SMILES string of the molecule is CCOc1cncc(-c2cnc(C(C)(C)N3CCNCC3)o2)c1. The van der Waals surface area contributed by atoms with Crippen LogP contribution in [0.25, 0.3) is 11.3 Å². The Hall–Kier alpha value is -1.92. The van der Waals surface area contributed by atoms with Gasteiger partial charge in [0.2, 0.25) is 5.89 Å². The molecule has 2 aromatic heterocycles. The van der Waals surface area contributed by atoms with Gasteiger partial charge < -0.3 is 14.5 Å². The maximum atomic E-state index is 6.05. The lowest BCUT2D eigenvalue weighted by atomic mass is 10.0. The fourth-order valence-electron chi connectivity index (χ4n) is 2.85. The summed E-state index contributed by atoms with van der Waals surface area (Å²) in [6.07, 6.45) is 5.24. The summed E-state index contributed by atoms with van der Waals surface area (Å²) in [6, 6.07) is 1.93. The van der Waals surface area contributed by atoms with Gasteiger partial charge in [0.25, 0.3) is 0 Å². The maximum Gasteiger partial charge on any atom is 0.214 e. The van der Waals surface area contributed by atoms with Crippen molar-refractivity contribution in [3.8, 4) is 17.1 Å². The number of pyridine rings is 1. The minimum atomic E-state index is -0.231. The van der Waals surface area contributed by atoms with Gasteiger partial charge in [0.15, 0.2) is 5.76 Å². The Labute approximate surface area is 136 Å². The zero-order chi connectivity index (χ0) is 16.3. The van der Waals surface area contributed by atoms with Crippen molar-refractivity contribution in [2.75, 3.05) is 32.8 Å². The van der Waals surface area contributed by atoms with Crippen LogP contribution in [0.1, 0.15) is 26.7 Å². The average Bonchev–Trinajstić information content (AvgIpc) is 3.07. The number of oxazole rings is 1. The smallest absolute Gasteiger partial charge is 0.214 e. The van der Waals surface area contributed by atoms with E-state index in [1.807, 2.05) is 13.0 Å². The highest BCUT2D eigenvalue weighted by Gasteiger charge is 2.34. The van der Waals surface area contributed by atoms with Gasteiger partial charge >= 0.3 is 0 Å². The van der Waals surface area contributed by atoms with Gasteiger partial charge in [-0.05, 0) is 26.8 Å². The molecule has 0 radical (unpaired) electrons. The second-order valence-electron chi connectivity index (χ2n) is 6.17. The van der Waals surface area contributed by atoms with E-state index < -0.39 is 0 Å². The number of hydrogen-bond donors (Lipinski definition) is 1. The molecular weight excluding hydrogens is 292 g/mol. The first kappa shape index (κ1) is 16.0. The van der Waals surface area contributed by atoms with Crippen LogP contribution in [0, 0.1) is 0 Å². The summed E-state index contributed by atoms with van der Waals surface area (Å²) in [6.45, 7) is 10.9. The second-order valence-corrected chi connectivity index (χ2v) is 6.17. The third-order valence-corrected chi connectivity index (χ3v) is 4.25. The number of nitrogens with one attached hydrogen (secondary N) is 1. The van der Waals surface area contributed by atoms with Crippen LogP contribution in [0.3, 0.4) is 0 Å². The molecule has 0 unspecified atom stereocenters. The normalized spacial score (nSPS) is 16.5. The number of piperazine rings is 1. The summed E-state index contributed by atoms with van der Waals surface area (Å²) >= 11 is 0. The van der Waals surface area contributed by atoms with Crippen LogP contribution in [0.15, 0.2) is 29.1 Å².